The number of carbonyl (C=O) groups is 1. The van der Waals surface area contributed by atoms with E-state index < -0.39 is 12.0 Å². The van der Waals surface area contributed by atoms with Gasteiger partial charge >= 0.3 is 5.97 Å². The number of nitrogens with two attached hydrogens (primary N) is 1. The van der Waals surface area contributed by atoms with Crippen LogP contribution in [0.4, 0.5) is 0 Å². The van der Waals surface area contributed by atoms with Crippen LogP contribution in [0, 0.1) is 0 Å². The Morgan fingerprint density at radius 1 is 1.43 bits per heavy atom. The molecular formula is C10H10ClNO2. The molecule has 3 N–H and O–H groups in total. The summed E-state index contributed by atoms with van der Waals surface area (Å²) in [6, 6.07) is 6.06. The van der Waals surface area contributed by atoms with Crippen molar-refractivity contribution in [3.63, 3.8) is 0 Å². The molecule has 0 saturated carbocycles. The molecule has 1 aromatic carbocycles. The third-order valence-corrected chi connectivity index (χ3v) is 1.90. The quantitative estimate of drug-likeness (QED) is 0.801. The van der Waals surface area contributed by atoms with E-state index in [0.717, 1.165) is 5.56 Å². The van der Waals surface area contributed by atoms with Crippen molar-refractivity contribution in [3.8, 4) is 0 Å². The standard InChI is InChI=1S/C10H10ClNO2/c11-8-4-1-7(2-5-8)3-6-9(12)10(13)14/h1-6,9H,12H2,(H,13,14)/t9-/m0/s1. The van der Waals surface area contributed by atoms with Crippen LogP contribution in [-0.4, -0.2) is 17.1 Å². The summed E-state index contributed by atoms with van der Waals surface area (Å²) in [6.07, 6.45) is 3.07. The maximum absolute atomic E-state index is 10.4. The normalized spacial score (nSPS) is 13.0. The van der Waals surface area contributed by atoms with Gasteiger partial charge in [-0.1, -0.05) is 35.9 Å². The van der Waals surface area contributed by atoms with Crippen molar-refractivity contribution < 1.29 is 9.90 Å². The molecular weight excluding hydrogens is 202 g/mol. The minimum absolute atomic E-state index is 0.643. The second-order valence-electron chi connectivity index (χ2n) is 2.77. The average molecular weight is 212 g/mol. The molecule has 0 saturated heterocycles. The van der Waals surface area contributed by atoms with E-state index >= 15 is 0 Å². The van der Waals surface area contributed by atoms with Gasteiger partial charge in [0.05, 0.1) is 0 Å². The number of halogens is 1. The summed E-state index contributed by atoms with van der Waals surface area (Å²) >= 11 is 5.68. The Morgan fingerprint density at radius 3 is 2.50 bits per heavy atom. The van der Waals surface area contributed by atoms with Crippen molar-refractivity contribution in [2.24, 2.45) is 5.73 Å². The van der Waals surface area contributed by atoms with Crippen LogP contribution in [0.1, 0.15) is 5.56 Å². The van der Waals surface area contributed by atoms with Gasteiger partial charge in [0.15, 0.2) is 0 Å². The monoisotopic (exact) mass is 211 g/mol. The first kappa shape index (κ1) is 10.8. The lowest BCUT2D eigenvalue weighted by Gasteiger charge is -1.98. The predicted octanol–water partition coefficient (Wildman–Crippen LogP) is 1.77. The molecule has 0 aliphatic heterocycles. The van der Waals surface area contributed by atoms with E-state index in [2.05, 4.69) is 0 Å². The van der Waals surface area contributed by atoms with Crippen LogP contribution in [0.5, 0.6) is 0 Å². The molecule has 0 radical (unpaired) electrons. The number of hydrogen-bond acceptors (Lipinski definition) is 2. The first-order valence-corrected chi connectivity index (χ1v) is 4.39. The predicted molar refractivity (Wildman–Crippen MR) is 56.1 cm³/mol. The molecule has 0 heterocycles. The van der Waals surface area contributed by atoms with Crippen molar-refractivity contribution >= 4 is 23.6 Å². The van der Waals surface area contributed by atoms with Gasteiger partial charge in [-0.25, -0.2) is 0 Å². The maximum Gasteiger partial charge on any atom is 0.324 e. The molecule has 0 unspecified atom stereocenters. The van der Waals surface area contributed by atoms with E-state index in [1.54, 1.807) is 30.3 Å². The molecule has 0 aliphatic carbocycles. The average Bonchev–Trinajstić information content (AvgIpc) is 2.16. The zero-order valence-corrected chi connectivity index (χ0v) is 8.11. The molecule has 74 valence electrons. The molecule has 4 heteroatoms. The number of benzene rings is 1. The van der Waals surface area contributed by atoms with Crippen molar-refractivity contribution in [2.45, 2.75) is 6.04 Å². The number of aliphatic carboxylic acids is 1. The molecule has 1 rings (SSSR count). The Labute approximate surface area is 86.8 Å². The summed E-state index contributed by atoms with van der Waals surface area (Å²) in [5.74, 6) is -1.05. The van der Waals surface area contributed by atoms with E-state index in [4.69, 9.17) is 22.4 Å². The molecule has 0 spiro atoms. The fourth-order valence-electron chi connectivity index (χ4n) is 0.871. The van der Waals surface area contributed by atoms with Crippen LogP contribution in [0.3, 0.4) is 0 Å². The molecule has 0 bridgehead atoms. The number of carboxylic acid groups (broad SMARTS) is 1. The Bertz CT molecular complexity index is 346. The SMILES string of the molecule is N[C@@H](C=Cc1ccc(Cl)cc1)C(=O)O. The Morgan fingerprint density at radius 2 is 2.00 bits per heavy atom. The summed E-state index contributed by atoms with van der Waals surface area (Å²) in [6.45, 7) is 0. The molecule has 0 aromatic heterocycles. The highest BCUT2D eigenvalue weighted by Crippen LogP contribution is 2.10. The van der Waals surface area contributed by atoms with Gasteiger partial charge in [0.25, 0.3) is 0 Å². The van der Waals surface area contributed by atoms with Crippen molar-refractivity contribution in [1.29, 1.82) is 0 Å². The minimum Gasteiger partial charge on any atom is -0.480 e. The summed E-state index contributed by atoms with van der Waals surface area (Å²) in [4.78, 5) is 10.4. The summed E-state index contributed by atoms with van der Waals surface area (Å²) in [5.41, 5.74) is 6.15. The van der Waals surface area contributed by atoms with E-state index in [-0.39, 0.29) is 0 Å². The lowest BCUT2D eigenvalue weighted by molar-refractivity contribution is -0.137. The molecule has 14 heavy (non-hydrogen) atoms. The third-order valence-electron chi connectivity index (χ3n) is 1.65. The van der Waals surface area contributed by atoms with Crippen molar-refractivity contribution in [1.82, 2.24) is 0 Å². The largest absolute Gasteiger partial charge is 0.480 e. The van der Waals surface area contributed by atoms with E-state index in [0.29, 0.717) is 5.02 Å². The van der Waals surface area contributed by atoms with Gasteiger partial charge in [0.2, 0.25) is 0 Å². The van der Waals surface area contributed by atoms with E-state index in [9.17, 15) is 4.79 Å². The molecule has 1 atom stereocenters. The Balaban J connectivity index is 2.69. The fraction of sp³-hybridized carbons (Fsp3) is 0.100. The van der Waals surface area contributed by atoms with Gasteiger partial charge in [-0.15, -0.1) is 0 Å². The Kier molecular flexibility index (Phi) is 3.68. The Hall–Kier alpha value is -1.32. The van der Waals surface area contributed by atoms with Gasteiger partial charge in [-0.05, 0) is 17.7 Å². The van der Waals surface area contributed by atoms with Crippen LogP contribution >= 0.6 is 11.6 Å². The van der Waals surface area contributed by atoms with Gasteiger partial charge < -0.3 is 10.8 Å². The number of rotatable bonds is 3. The van der Waals surface area contributed by atoms with Gasteiger partial charge in [-0.2, -0.15) is 0 Å². The topological polar surface area (TPSA) is 63.3 Å². The maximum atomic E-state index is 10.4. The van der Waals surface area contributed by atoms with Gasteiger partial charge in [0, 0.05) is 5.02 Å². The highest BCUT2D eigenvalue weighted by molar-refractivity contribution is 6.30. The second kappa shape index (κ2) is 4.79. The highest BCUT2D eigenvalue weighted by atomic mass is 35.5. The molecule has 0 fully saturated rings. The number of carboxylic acids is 1. The van der Waals surface area contributed by atoms with Crippen LogP contribution < -0.4 is 5.73 Å². The lowest BCUT2D eigenvalue weighted by Crippen LogP contribution is -2.27. The minimum atomic E-state index is -1.05. The van der Waals surface area contributed by atoms with Crippen LogP contribution in [0.25, 0.3) is 6.08 Å². The fourth-order valence-corrected chi connectivity index (χ4v) is 0.997. The third kappa shape index (κ3) is 3.20. The second-order valence-corrected chi connectivity index (χ2v) is 3.21. The zero-order chi connectivity index (χ0) is 10.6. The van der Waals surface area contributed by atoms with Gasteiger partial charge in [0.1, 0.15) is 6.04 Å². The van der Waals surface area contributed by atoms with Crippen LogP contribution in [0.15, 0.2) is 30.3 Å². The highest BCUT2D eigenvalue weighted by Gasteiger charge is 2.05. The first-order valence-electron chi connectivity index (χ1n) is 4.02. The van der Waals surface area contributed by atoms with E-state index in [1.807, 2.05) is 0 Å². The molecule has 0 amide bonds. The van der Waals surface area contributed by atoms with E-state index in [1.165, 1.54) is 6.08 Å². The number of hydrogen-bond donors (Lipinski definition) is 2. The molecule has 3 nitrogen and oxygen atoms in total. The molecule has 0 aliphatic rings. The summed E-state index contributed by atoms with van der Waals surface area (Å²) < 4.78 is 0. The summed E-state index contributed by atoms with van der Waals surface area (Å²) in [7, 11) is 0. The van der Waals surface area contributed by atoms with Gasteiger partial charge in [-0.3, -0.25) is 4.79 Å². The summed E-state index contributed by atoms with van der Waals surface area (Å²) in [5, 5.41) is 9.15. The van der Waals surface area contributed by atoms with Crippen molar-refractivity contribution in [2.75, 3.05) is 0 Å². The van der Waals surface area contributed by atoms with Crippen molar-refractivity contribution in [3.05, 3.63) is 40.9 Å². The molecule has 1 aromatic rings. The van der Waals surface area contributed by atoms with Crippen LogP contribution in [-0.2, 0) is 4.79 Å². The smallest absolute Gasteiger partial charge is 0.324 e. The lowest BCUT2D eigenvalue weighted by atomic mass is 10.2. The van der Waals surface area contributed by atoms with Crippen LogP contribution in [0.2, 0.25) is 5.02 Å². The first-order chi connectivity index (χ1) is 6.59. The zero-order valence-electron chi connectivity index (χ0n) is 7.35.